The molecule has 0 spiro atoms. The average molecular weight is 447 g/mol. The molecule has 0 aromatic carbocycles. The van der Waals surface area contributed by atoms with Crippen molar-refractivity contribution in [3.63, 3.8) is 0 Å². The molecule has 1 saturated heterocycles. The number of rotatable bonds is 6. The van der Waals surface area contributed by atoms with Gasteiger partial charge in [0.25, 0.3) is 5.56 Å². The molecule has 1 aliphatic carbocycles. The number of aromatic nitrogens is 4. The summed E-state index contributed by atoms with van der Waals surface area (Å²) >= 11 is 3.18. The molecule has 10 heteroatoms. The highest BCUT2D eigenvalue weighted by atomic mass is 32.1. The van der Waals surface area contributed by atoms with Crippen molar-refractivity contribution in [3.8, 4) is 0 Å². The lowest BCUT2D eigenvalue weighted by atomic mass is 9.97. The van der Waals surface area contributed by atoms with Crippen LogP contribution in [0.25, 0.3) is 10.2 Å². The molecule has 4 heterocycles. The van der Waals surface area contributed by atoms with E-state index in [0.29, 0.717) is 13.2 Å². The number of anilines is 1. The van der Waals surface area contributed by atoms with Gasteiger partial charge >= 0.3 is 0 Å². The van der Waals surface area contributed by atoms with Gasteiger partial charge in [-0.05, 0) is 31.2 Å². The fourth-order valence-electron chi connectivity index (χ4n) is 4.26. The molecule has 3 aromatic heterocycles. The molecule has 3 aromatic rings. The van der Waals surface area contributed by atoms with Crippen LogP contribution in [0.4, 0.5) is 5.13 Å². The zero-order valence-corrected chi connectivity index (χ0v) is 18.8. The second kappa shape index (κ2) is 8.70. The van der Waals surface area contributed by atoms with E-state index in [-0.39, 0.29) is 5.56 Å². The summed E-state index contributed by atoms with van der Waals surface area (Å²) in [5.74, 6) is 1.63. The molecular weight excluding hydrogens is 420 g/mol. The van der Waals surface area contributed by atoms with Gasteiger partial charge in [0.2, 0.25) is 5.13 Å². The lowest BCUT2D eigenvalue weighted by Gasteiger charge is -2.33. The molecule has 0 unspecified atom stereocenters. The number of hydrogen-bond acceptors (Lipinski definition) is 9. The van der Waals surface area contributed by atoms with Crippen molar-refractivity contribution in [2.45, 2.75) is 38.6 Å². The maximum Gasteiger partial charge on any atom is 0.259 e. The Labute approximate surface area is 183 Å². The van der Waals surface area contributed by atoms with Crippen LogP contribution in [0.2, 0.25) is 0 Å². The first-order valence-electron chi connectivity index (χ1n) is 10.5. The van der Waals surface area contributed by atoms with Crippen LogP contribution in [0, 0.1) is 0 Å². The SMILES string of the molecule is COCCc1nsc(N2CCN(Cc3nc4sc5c(c4c(=O)[nH]3)CCCC5)CC2)n1. The van der Waals surface area contributed by atoms with Crippen LogP contribution < -0.4 is 10.5 Å². The Morgan fingerprint density at radius 2 is 1.97 bits per heavy atom. The van der Waals surface area contributed by atoms with E-state index >= 15 is 0 Å². The van der Waals surface area contributed by atoms with E-state index < -0.39 is 0 Å². The Bertz CT molecular complexity index is 1080. The molecule has 0 radical (unpaired) electrons. The molecule has 0 bridgehead atoms. The fourth-order valence-corrected chi connectivity index (χ4v) is 6.30. The minimum absolute atomic E-state index is 0.0329. The third kappa shape index (κ3) is 4.01. The Morgan fingerprint density at radius 3 is 2.80 bits per heavy atom. The lowest BCUT2D eigenvalue weighted by Crippen LogP contribution is -2.46. The predicted molar refractivity (Wildman–Crippen MR) is 120 cm³/mol. The van der Waals surface area contributed by atoms with Gasteiger partial charge in [0.05, 0.1) is 18.5 Å². The van der Waals surface area contributed by atoms with Gasteiger partial charge in [0, 0.05) is 56.1 Å². The minimum atomic E-state index is 0.0329. The van der Waals surface area contributed by atoms with Crippen LogP contribution in [0.1, 0.15) is 34.9 Å². The summed E-state index contributed by atoms with van der Waals surface area (Å²) in [5, 5.41) is 1.82. The molecule has 30 heavy (non-hydrogen) atoms. The molecule has 0 atom stereocenters. The Balaban J connectivity index is 1.24. The van der Waals surface area contributed by atoms with E-state index in [0.717, 1.165) is 72.4 Å². The van der Waals surface area contributed by atoms with Gasteiger partial charge in [0.15, 0.2) is 0 Å². The molecule has 0 amide bonds. The number of piperazine rings is 1. The lowest BCUT2D eigenvalue weighted by molar-refractivity contribution is 0.201. The number of methoxy groups -OCH3 is 1. The second-order valence-corrected chi connectivity index (χ2v) is 9.72. The first-order chi connectivity index (χ1) is 14.7. The average Bonchev–Trinajstić information content (AvgIpc) is 3.37. The number of hydrogen-bond donors (Lipinski definition) is 1. The fraction of sp³-hybridized carbons (Fsp3) is 0.600. The van der Waals surface area contributed by atoms with E-state index in [9.17, 15) is 4.79 Å². The van der Waals surface area contributed by atoms with Gasteiger partial charge < -0.3 is 14.6 Å². The number of ether oxygens (including phenoxy) is 1. The quantitative estimate of drug-likeness (QED) is 0.621. The van der Waals surface area contributed by atoms with E-state index in [4.69, 9.17) is 9.72 Å². The van der Waals surface area contributed by atoms with E-state index in [1.54, 1.807) is 18.4 Å². The van der Waals surface area contributed by atoms with E-state index in [1.807, 2.05) is 0 Å². The number of H-pyrrole nitrogens is 1. The smallest absolute Gasteiger partial charge is 0.259 e. The third-order valence-corrected chi connectivity index (χ3v) is 7.88. The van der Waals surface area contributed by atoms with Crippen LogP contribution in [0.3, 0.4) is 0 Å². The Hall–Kier alpha value is -1.88. The zero-order chi connectivity index (χ0) is 20.5. The van der Waals surface area contributed by atoms with E-state index in [1.165, 1.54) is 34.8 Å². The van der Waals surface area contributed by atoms with Crippen molar-refractivity contribution in [1.82, 2.24) is 24.2 Å². The first kappa shape index (κ1) is 20.0. The van der Waals surface area contributed by atoms with Gasteiger partial charge in [-0.25, -0.2) is 9.97 Å². The molecule has 0 saturated carbocycles. The topological polar surface area (TPSA) is 87.2 Å². The maximum atomic E-state index is 12.8. The van der Waals surface area contributed by atoms with Crippen molar-refractivity contribution in [2.24, 2.45) is 0 Å². The summed E-state index contributed by atoms with van der Waals surface area (Å²) in [6.45, 7) is 4.95. The monoisotopic (exact) mass is 446 g/mol. The van der Waals surface area contributed by atoms with E-state index in [2.05, 4.69) is 24.1 Å². The third-order valence-electron chi connectivity index (χ3n) is 5.88. The summed E-state index contributed by atoms with van der Waals surface area (Å²) in [5.41, 5.74) is 1.28. The van der Waals surface area contributed by atoms with Crippen LogP contribution in [0.15, 0.2) is 4.79 Å². The van der Waals surface area contributed by atoms with Gasteiger partial charge in [-0.15, -0.1) is 11.3 Å². The number of fused-ring (bicyclic) bond motifs is 3. The molecule has 2 aliphatic rings. The molecule has 5 rings (SSSR count). The standard InChI is InChI=1S/C20H26N6O2S2/c1-28-11-6-15-23-20(30-24-15)26-9-7-25(8-10-26)12-16-21-18(27)17-13-4-2-3-5-14(13)29-19(17)22-16/h2-12H2,1H3,(H,21,22,27). The molecule has 1 aliphatic heterocycles. The normalized spacial score (nSPS) is 17.6. The largest absolute Gasteiger partial charge is 0.384 e. The summed E-state index contributed by atoms with van der Waals surface area (Å²) in [6, 6.07) is 0. The first-order valence-corrected chi connectivity index (χ1v) is 12.1. The van der Waals surface area contributed by atoms with Crippen molar-refractivity contribution in [1.29, 1.82) is 0 Å². The number of aryl methyl sites for hydroxylation is 2. The Kier molecular flexibility index (Phi) is 5.81. The molecule has 160 valence electrons. The van der Waals surface area contributed by atoms with Gasteiger partial charge in [-0.2, -0.15) is 4.37 Å². The summed E-state index contributed by atoms with van der Waals surface area (Å²) in [7, 11) is 1.69. The van der Waals surface area contributed by atoms with Crippen LogP contribution >= 0.6 is 22.9 Å². The molecular formula is C20H26N6O2S2. The molecule has 1 N–H and O–H groups in total. The van der Waals surface area contributed by atoms with Crippen LogP contribution in [0.5, 0.6) is 0 Å². The predicted octanol–water partition coefficient (Wildman–Crippen LogP) is 2.23. The summed E-state index contributed by atoms with van der Waals surface area (Å²) in [6.07, 6.45) is 5.25. The van der Waals surface area contributed by atoms with Crippen molar-refractivity contribution in [2.75, 3.05) is 44.8 Å². The minimum Gasteiger partial charge on any atom is -0.384 e. The highest BCUT2D eigenvalue weighted by Crippen LogP contribution is 2.33. The van der Waals surface area contributed by atoms with Crippen LogP contribution in [-0.2, 0) is 30.5 Å². The van der Waals surface area contributed by atoms with Crippen molar-refractivity contribution < 1.29 is 4.74 Å². The Morgan fingerprint density at radius 1 is 1.13 bits per heavy atom. The van der Waals surface area contributed by atoms with Crippen molar-refractivity contribution in [3.05, 3.63) is 32.4 Å². The molecule has 1 fully saturated rings. The second-order valence-electron chi connectivity index (χ2n) is 7.90. The van der Waals surface area contributed by atoms with Gasteiger partial charge in [-0.1, -0.05) is 0 Å². The summed E-state index contributed by atoms with van der Waals surface area (Å²) < 4.78 is 9.53. The van der Waals surface area contributed by atoms with Crippen molar-refractivity contribution >= 4 is 38.2 Å². The number of aromatic amines is 1. The zero-order valence-electron chi connectivity index (χ0n) is 17.1. The number of nitrogens with zero attached hydrogens (tertiary/aromatic N) is 5. The molecule has 8 nitrogen and oxygen atoms in total. The maximum absolute atomic E-state index is 12.8. The highest BCUT2D eigenvalue weighted by molar-refractivity contribution is 7.18. The summed E-state index contributed by atoms with van der Waals surface area (Å²) in [4.78, 5) is 32.2. The van der Waals surface area contributed by atoms with Gasteiger partial charge in [0.1, 0.15) is 16.5 Å². The number of thiophene rings is 1. The number of nitrogens with one attached hydrogen (secondary N) is 1. The highest BCUT2D eigenvalue weighted by Gasteiger charge is 2.23. The van der Waals surface area contributed by atoms with Gasteiger partial charge in [-0.3, -0.25) is 9.69 Å². The van der Waals surface area contributed by atoms with Crippen LogP contribution in [-0.4, -0.2) is 64.1 Å².